The topological polar surface area (TPSA) is 52.5 Å². The maximum absolute atomic E-state index is 13.3. The quantitative estimate of drug-likeness (QED) is 0.707. The van der Waals surface area contributed by atoms with Crippen LogP contribution in [0.2, 0.25) is 0 Å². The molecule has 1 unspecified atom stereocenters. The van der Waals surface area contributed by atoms with E-state index in [0.717, 1.165) is 47.6 Å². The van der Waals surface area contributed by atoms with Crippen molar-refractivity contribution < 1.29 is 14.3 Å². The first-order chi connectivity index (χ1) is 13.2. The molecule has 1 saturated heterocycles. The van der Waals surface area contributed by atoms with Crippen LogP contribution in [-0.4, -0.2) is 43.3 Å². The fourth-order valence-electron chi connectivity index (χ4n) is 3.80. The molecular formula is C22H24N2O3. The zero-order chi connectivity index (χ0) is 18.8. The van der Waals surface area contributed by atoms with E-state index >= 15 is 0 Å². The van der Waals surface area contributed by atoms with Crippen LogP contribution in [-0.2, 0) is 11.3 Å². The molecule has 1 N–H and O–H groups in total. The first-order valence-corrected chi connectivity index (χ1v) is 9.26. The summed E-state index contributed by atoms with van der Waals surface area (Å²) in [7, 11) is 1.62. The number of hydrogen-bond donors (Lipinski definition) is 1. The standard InChI is InChI=1S/C22H24N2O3/c1-15-21(22(25)16-7-9-18(26-2)10-8-16)19-5-3-4-6-20(19)24(15)13-17-14-27-12-11-23-17/h3-10,17,23H,11-14H2,1-2H3. The Kier molecular flexibility index (Phi) is 4.97. The Hall–Kier alpha value is -2.63. The lowest BCUT2D eigenvalue weighted by Crippen LogP contribution is -2.43. The summed E-state index contributed by atoms with van der Waals surface area (Å²) < 4.78 is 13.0. The van der Waals surface area contributed by atoms with E-state index < -0.39 is 0 Å². The van der Waals surface area contributed by atoms with Gasteiger partial charge in [0.25, 0.3) is 0 Å². The van der Waals surface area contributed by atoms with Crippen LogP contribution in [0.1, 0.15) is 21.6 Å². The highest BCUT2D eigenvalue weighted by molar-refractivity contribution is 6.17. The molecule has 140 valence electrons. The van der Waals surface area contributed by atoms with Crippen LogP contribution < -0.4 is 10.1 Å². The van der Waals surface area contributed by atoms with Crippen LogP contribution >= 0.6 is 0 Å². The first-order valence-electron chi connectivity index (χ1n) is 9.26. The Morgan fingerprint density at radius 2 is 2.00 bits per heavy atom. The first kappa shape index (κ1) is 17.8. The zero-order valence-electron chi connectivity index (χ0n) is 15.7. The number of benzene rings is 2. The Morgan fingerprint density at radius 3 is 2.70 bits per heavy atom. The summed E-state index contributed by atoms with van der Waals surface area (Å²) in [5, 5.41) is 4.49. The van der Waals surface area contributed by atoms with Crippen molar-refractivity contribution in [3.63, 3.8) is 0 Å². The summed E-state index contributed by atoms with van der Waals surface area (Å²) in [5.74, 6) is 0.784. The van der Waals surface area contributed by atoms with Crippen LogP contribution in [0.15, 0.2) is 48.5 Å². The highest BCUT2D eigenvalue weighted by atomic mass is 16.5. The summed E-state index contributed by atoms with van der Waals surface area (Å²) in [6.45, 7) is 5.11. The van der Waals surface area contributed by atoms with E-state index in [1.807, 2.05) is 49.4 Å². The van der Waals surface area contributed by atoms with Gasteiger partial charge in [0.1, 0.15) is 5.75 Å². The zero-order valence-corrected chi connectivity index (χ0v) is 15.7. The second-order valence-corrected chi connectivity index (χ2v) is 6.87. The van der Waals surface area contributed by atoms with Gasteiger partial charge in [0.15, 0.2) is 5.78 Å². The Bertz CT molecular complexity index is 954. The lowest BCUT2D eigenvalue weighted by Gasteiger charge is -2.25. The number of ether oxygens (including phenoxy) is 2. The molecule has 3 aromatic rings. The van der Waals surface area contributed by atoms with E-state index in [-0.39, 0.29) is 11.8 Å². The van der Waals surface area contributed by atoms with E-state index in [1.54, 1.807) is 7.11 Å². The van der Waals surface area contributed by atoms with Gasteiger partial charge in [-0.15, -0.1) is 0 Å². The number of para-hydroxylation sites is 1. The van der Waals surface area contributed by atoms with Crippen molar-refractivity contribution in [2.75, 3.05) is 26.9 Å². The number of nitrogens with zero attached hydrogens (tertiary/aromatic N) is 1. The summed E-state index contributed by atoms with van der Waals surface area (Å²) in [4.78, 5) is 13.3. The molecule has 5 nitrogen and oxygen atoms in total. The van der Waals surface area contributed by atoms with Gasteiger partial charge in [0.05, 0.1) is 25.9 Å². The SMILES string of the molecule is COc1ccc(C(=O)c2c(C)n(CC3COCCN3)c3ccccc23)cc1. The molecule has 5 heteroatoms. The molecule has 1 aliphatic rings. The Balaban J connectivity index is 1.75. The minimum atomic E-state index is 0.0398. The number of carbonyl (C=O) groups excluding carboxylic acids is 1. The Labute approximate surface area is 158 Å². The van der Waals surface area contributed by atoms with Crippen molar-refractivity contribution in [3.8, 4) is 5.75 Å². The smallest absolute Gasteiger partial charge is 0.195 e. The number of nitrogens with one attached hydrogen (secondary N) is 1. The van der Waals surface area contributed by atoms with Crippen molar-refractivity contribution in [2.45, 2.75) is 19.5 Å². The predicted molar refractivity (Wildman–Crippen MR) is 106 cm³/mol. The summed E-state index contributed by atoms with van der Waals surface area (Å²) in [6.07, 6.45) is 0. The molecule has 0 spiro atoms. The molecule has 2 aromatic carbocycles. The monoisotopic (exact) mass is 364 g/mol. The predicted octanol–water partition coefficient (Wildman–Crippen LogP) is 3.18. The highest BCUT2D eigenvalue weighted by Gasteiger charge is 2.23. The normalized spacial score (nSPS) is 17.2. The minimum absolute atomic E-state index is 0.0398. The molecule has 0 radical (unpaired) electrons. The average Bonchev–Trinajstić information content (AvgIpc) is 3.00. The van der Waals surface area contributed by atoms with E-state index in [9.17, 15) is 4.79 Å². The molecule has 1 aromatic heterocycles. The molecular weight excluding hydrogens is 340 g/mol. The lowest BCUT2D eigenvalue weighted by atomic mass is 10.0. The maximum atomic E-state index is 13.3. The number of rotatable bonds is 5. The van der Waals surface area contributed by atoms with Gasteiger partial charge < -0.3 is 19.4 Å². The summed E-state index contributed by atoms with van der Waals surface area (Å²) >= 11 is 0. The molecule has 0 bridgehead atoms. The molecule has 1 atom stereocenters. The van der Waals surface area contributed by atoms with Crippen LogP contribution in [0.3, 0.4) is 0 Å². The molecule has 1 fully saturated rings. The molecule has 0 aliphatic carbocycles. The number of aromatic nitrogens is 1. The van der Waals surface area contributed by atoms with E-state index in [0.29, 0.717) is 12.2 Å². The summed E-state index contributed by atoms with van der Waals surface area (Å²) in [5.41, 5.74) is 3.51. The second-order valence-electron chi connectivity index (χ2n) is 6.87. The van der Waals surface area contributed by atoms with Crippen LogP contribution in [0.5, 0.6) is 5.75 Å². The summed E-state index contributed by atoms with van der Waals surface area (Å²) in [6, 6.07) is 15.7. The fraction of sp³-hybridized carbons (Fsp3) is 0.318. The molecule has 1 aliphatic heterocycles. The minimum Gasteiger partial charge on any atom is -0.497 e. The lowest BCUT2D eigenvalue weighted by molar-refractivity contribution is 0.0716. The van der Waals surface area contributed by atoms with Gasteiger partial charge in [-0.3, -0.25) is 4.79 Å². The highest BCUT2D eigenvalue weighted by Crippen LogP contribution is 2.29. The third-order valence-electron chi connectivity index (χ3n) is 5.21. The second kappa shape index (κ2) is 7.55. The molecule has 4 rings (SSSR count). The number of ketones is 1. The number of morpholine rings is 1. The van der Waals surface area contributed by atoms with Gasteiger partial charge in [0, 0.05) is 41.3 Å². The molecule has 0 amide bonds. The van der Waals surface area contributed by atoms with Crippen molar-refractivity contribution >= 4 is 16.7 Å². The molecule has 27 heavy (non-hydrogen) atoms. The van der Waals surface area contributed by atoms with Crippen molar-refractivity contribution in [3.05, 3.63) is 65.4 Å². The third-order valence-corrected chi connectivity index (χ3v) is 5.21. The van der Waals surface area contributed by atoms with Crippen LogP contribution in [0, 0.1) is 6.92 Å². The van der Waals surface area contributed by atoms with Gasteiger partial charge in [0.2, 0.25) is 0 Å². The molecule has 2 heterocycles. The number of hydrogen-bond acceptors (Lipinski definition) is 4. The van der Waals surface area contributed by atoms with E-state index in [4.69, 9.17) is 9.47 Å². The Morgan fingerprint density at radius 1 is 1.22 bits per heavy atom. The van der Waals surface area contributed by atoms with Gasteiger partial charge in [-0.05, 0) is 37.3 Å². The molecule has 0 saturated carbocycles. The van der Waals surface area contributed by atoms with Crippen molar-refractivity contribution in [1.82, 2.24) is 9.88 Å². The largest absolute Gasteiger partial charge is 0.497 e. The van der Waals surface area contributed by atoms with Crippen LogP contribution in [0.4, 0.5) is 0 Å². The van der Waals surface area contributed by atoms with Gasteiger partial charge in [-0.2, -0.15) is 0 Å². The third kappa shape index (κ3) is 3.36. The maximum Gasteiger partial charge on any atom is 0.195 e. The fourth-order valence-corrected chi connectivity index (χ4v) is 3.80. The number of carbonyl (C=O) groups is 1. The van der Waals surface area contributed by atoms with Gasteiger partial charge in [-0.25, -0.2) is 0 Å². The average molecular weight is 364 g/mol. The van der Waals surface area contributed by atoms with Gasteiger partial charge >= 0.3 is 0 Å². The van der Waals surface area contributed by atoms with Crippen molar-refractivity contribution in [2.24, 2.45) is 0 Å². The van der Waals surface area contributed by atoms with Gasteiger partial charge in [-0.1, -0.05) is 18.2 Å². The van der Waals surface area contributed by atoms with Crippen molar-refractivity contribution in [1.29, 1.82) is 0 Å². The van der Waals surface area contributed by atoms with Crippen LogP contribution in [0.25, 0.3) is 10.9 Å². The van der Waals surface area contributed by atoms with E-state index in [1.165, 1.54) is 0 Å². The number of methoxy groups -OCH3 is 1. The van der Waals surface area contributed by atoms with E-state index in [2.05, 4.69) is 16.0 Å². The number of fused-ring (bicyclic) bond motifs is 1.